The highest BCUT2D eigenvalue weighted by Crippen LogP contribution is 2.17. The Morgan fingerprint density at radius 1 is 1.67 bits per heavy atom. The van der Waals surface area contributed by atoms with E-state index in [1.54, 1.807) is 19.2 Å². The lowest BCUT2D eigenvalue weighted by molar-refractivity contribution is 0.220. The molecule has 0 aliphatic carbocycles. The molecule has 2 nitrogen and oxygen atoms in total. The zero-order valence-corrected chi connectivity index (χ0v) is 8.27. The number of thioether (sulfide) groups is 1. The van der Waals surface area contributed by atoms with Gasteiger partial charge in [0.25, 0.3) is 0 Å². The summed E-state index contributed by atoms with van der Waals surface area (Å²) in [5.74, 6) is 0.661. The standard InChI is InChI=1S/C8H10ClNOS/c1-6(11)5-12-8-3-2-7(9)4-10-8/h2-4,6,11H,5H2,1H3/t6-/m1/s1. The van der Waals surface area contributed by atoms with Crippen LogP contribution in [-0.2, 0) is 0 Å². The normalized spacial score (nSPS) is 12.9. The van der Waals surface area contributed by atoms with Crippen LogP contribution in [-0.4, -0.2) is 21.9 Å². The summed E-state index contributed by atoms with van der Waals surface area (Å²) < 4.78 is 0. The number of aliphatic hydroxyl groups is 1. The Morgan fingerprint density at radius 3 is 2.92 bits per heavy atom. The van der Waals surface area contributed by atoms with Crippen molar-refractivity contribution in [1.29, 1.82) is 0 Å². The Kier molecular flexibility index (Phi) is 3.85. The van der Waals surface area contributed by atoms with Gasteiger partial charge in [-0.1, -0.05) is 11.6 Å². The van der Waals surface area contributed by atoms with Crippen LogP contribution in [0.5, 0.6) is 0 Å². The Bertz CT molecular complexity index is 237. The van der Waals surface area contributed by atoms with Crippen molar-refractivity contribution in [1.82, 2.24) is 4.98 Å². The van der Waals surface area contributed by atoms with E-state index in [9.17, 15) is 0 Å². The van der Waals surface area contributed by atoms with Gasteiger partial charge in [0.05, 0.1) is 16.2 Å². The van der Waals surface area contributed by atoms with E-state index in [1.165, 1.54) is 11.8 Å². The molecule has 0 radical (unpaired) electrons. The fraction of sp³-hybridized carbons (Fsp3) is 0.375. The molecular weight excluding hydrogens is 194 g/mol. The third kappa shape index (κ3) is 3.43. The first-order valence-corrected chi connectivity index (χ1v) is 4.97. The van der Waals surface area contributed by atoms with E-state index in [4.69, 9.17) is 16.7 Å². The molecule has 1 aromatic rings. The van der Waals surface area contributed by atoms with Crippen molar-refractivity contribution in [2.24, 2.45) is 0 Å². The van der Waals surface area contributed by atoms with Crippen LogP contribution < -0.4 is 0 Å². The van der Waals surface area contributed by atoms with Crippen LogP contribution >= 0.6 is 23.4 Å². The summed E-state index contributed by atoms with van der Waals surface area (Å²) in [6.07, 6.45) is 1.30. The number of rotatable bonds is 3. The van der Waals surface area contributed by atoms with Gasteiger partial charge in [-0.05, 0) is 19.1 Å². The second kappa shape index (κ2) is 4.70. The van der Waals surface area contributed by atoms with E-state index in [0.717, 1.165) is 5.03 Å². The van der Waals surface area contributed by atoms with Crippen molar-refractivity contribution >= 4 is 23.4 Å². The molecule has 1 atom stereocenters. The molecule has 0 aliphatic rings. The van der Waals surface area contributed by atoms with Gasteiger partial charge in [-0.3, -0.25) is 0 Å². The van der Waals surface area contributed by atoms with Gasteiger partial charge in [0.2, 0.25) is 0 Å². The molecule has 12 heavy (non-hydrogen) atoms. The van der Waals surface area contributed by atoms with Gasteiger partial charge in [0.15, 0.2) is 0 Å². The van der Waals surface area contributed by atoms with Crippen LogP contribution in [0.2, 0.25) is 5.02 Å². The van der Waals surface area contributed by atoms with Crippen molar-refractivity contribution in [3.05, 3.63) is 23.4 Å². The molecule has 0 saturated heterocycles. The number of aromatic nitrogens is 1. The van der Waals surface area contributed by atoms with E-state index in [2.05, 4.69) is 4.98 Å². The molecule has 66 valence electrons. The van der Waals surface area contributed by atoms with Gasteiger partial charge >= 0.3 is 0 Å². The summed E-state index contributed by atoms with van der Waals surface area (Å²) in [6.45, 7) is 1.75. The second-order valence-electron chi connectivity index (χ2n) is 2.47. The first-order chi connectivity index (χ1) is 5.68. The van der Waals surface area contributed by atoms with Crippen molar-refractivity contribution in [3.63, 3.8) is 0 Å². The second-order valence-corrected chi connectivity index (χ2v) is 3.95. The van der Waals surface area contributed by atoms with E-state index in [0.29, 0.717) is 10.8 Å². The van der Waals surface area contributed by atoms with Crippen molar-refractivity contribution in [2.45, 2.75) is 18.1 Å². The molecule has 1 N–H and O–H groups in total. The van der Waals surface area contributed by atoms with E-state index >= 15 is 0 Å². The highest BCUT2D eigenvalue weighted by atomic mass is 35.5. The summed E-state index contributed by atoms with van der Waals surface area (Å²) in [7, 11) is 0. The predicted molar refractivity (Wildman–Crippen MR) is 51.7 cm³/mol. The van der Waals surface area contributed by atoms with Gasteiger partial charge in [-0.2, -0.15) is 0 Å². The van der Waals surface area contributed by atoms with Gasteiger partial charge in [0.1, 0.15) is 0 Å². The number of halogens is 1. The molecule has 4 heteroatoms. The monoisotopic (exact) mass is 203 g/mol. The highest BCUT2D eigenvalue weighted by molar-refractivity contribution is 7.99. The number of pyridine rings is 1. The fourth-order valence-electron chi connectivity index (χ4n) is 0.654. The predicted octanol–water partition coefficient (Wildman–Crippen LogP) is 2.21. The van der Waals surface area contributed by atoms with Gasteiger partial charge in [0, 0.05) is 11.9 Å². The summed E-state index contributed by atoms with van der Waals surface area (Å²) in [5.41, 5.74) is 0. The summed E-state index contributed by atoms with van der Waals surface area (Å²) in [6, 6.07) is 3.63. The first kappa shape index (κ1) is 9.84. The number of nitrogens with zero attached hydrogens (tertiary/aromatic N) is 1. The topological polar surface area (TPSA) is 33.1 Å². The molecule has 0 unspecified atom stereocenters. The van der Waals surface area contributed by atoms with Gasteiger partial charge in [-0.25, -0.2) is 4.98 Å². The molecule has 0 spiro atoms. The average molecular weight is 204 g/mol. The zero-order valence-electron chi connectivity index (χ0n) is 6.70. The van der Waals surface area contributed by atoms with Gasteiger partial charge < -0.3 is 5.11 Å². The van der Waals surface area contributed by atoms with Crippen LogP contribution in [0.25, 0.3) is 0 Å². The van der Waals surface area contributed by atoms with Crippen molar-refractivity contribution in [3.8, 4) is 0 Å². The van der Waals surface area contributed by atoms with E-state index < -0.39 is 0 Å². The fourth-order valence-corrected chi connectivity index (χ4v) is 1.47. The van der Waals surface area contributed by atoms with E-state index in [-0.39, 0.29) is 6.10 Å². The van der Waals surface area contributed by atoms with Crippen LogP contribution in [0.15, 0.2) is 23.4 Å². The van der Waals surface area contributed by atoms with E-state index in [1.807, 2.05) is 6.07 Å². The number of aliphatic hydroxyl groups excluding tert-OH is 1. The quantitative estimate of drug-likeness (QED) is 0.765. The molecule has 0 aromatic carbocycles. The first-order valence-electron chi connectivity index (χ1n) is 3.61. The lowest BCUT2D eigenvalue weighted by Crippen LogP contribution is -2.02. The van der Waals surface area contributed by atoms with Crippen LogP contribution in [0.4, 0.5) is 0 Å². The molecule has 0 bridgehead atoms. The maximum atomic E-state index is 8.99. The smallest absolute Gasteiger partial charge is 0.0961 e. The Balaban J connectivity index is 2.48. The molecular formula is C8H10ClNOS. The molecule has 1 heterocycles. The molecule has 0 amide bonds. The maximum absolute atomic E-state index is 8.99. The minimum Gasteiger partial charge on any atom is -0.393 e. The van der Waals surface area contributed by atoms with Crippen LogP contribution in [0, 0.1) is 0 Å². The third-order valence-electron chi connectivity index (χ3n) is 1.17. The molecule has 0 aliphatic heterocycles. The minimum atomic E-state index is -0.299. The summed E-state index contributed by atoms with van der Waals surface area (Å²) in [5, 5.41) is 10.5. The minimum absolute atomic E-state index is 0.299. The molecule has 0 fully saturated rings. The summed E-state index contributed by atoms with van der Waals surface area (Å²) >= 11 is 7.17. The average Bonchev–Trinajstić information content (AvgIpc) is 2.03. The Hall–Kier alpha value is -0.250. The van der Waals surface area contributed by atoms with Crippen molar-refractivity contribution in [2.75, 3.05) is 5.75 Å². The van der Waals surface area contributed by atoms with Crippen LogP contribution in [0.3, 0.4) is 0 Å². The summed E-state index contributed by atoms with van der Waals surface area (Å²) in [4.78, 5) is 4.07. The van der Waals surface area contributed by atoms with Crippen LogP contribution in [0.1, 0.15) is 6.92 Å². The molecule has 0 saturated carbocycles. The Labute approximate surface area is 81.0 Å². The van der Waals surface area contributed by atoms with Crippen molar-refractivity contribution < 1.29 is 5.11 Å². The Morgan fingerprint density at radius 2 is 2.42 bits per heavy atom. The number of hydrogen-bond acceptors (Lipinski definition) is 3. The zero-order chi connectivity index (χ0) is 8.97. The third-order valence-corrected chi connectivity index (χ3v) is 2.58. The maximum Gasteiger partial charge on any atom is 0.0961 e. The SMILES string of the molecule is C[C@@H](O)CSc1ccc(Cl)cn1. The highest BCUT2D eigenvalue weighted by Gasteiger charge is 1.98. The lowest BCUT2D eigenvalue weighted by Gasteiger charge is -2.02. The molecule has 1 aromatic heterocycles. The van der Waals surface area contributed by atoms with Gasteiger partial charge in [-0.15, -0.1) is 11.8 Å². The molecule has 1 rings (SSSR count). The largest absolute Gasteiger partial charge is 0.393 e. The number of hydrogen-bond donors (Lipinski definition) is 1. The lowest BCUT2D eigenvalue weighted by atomic mass is 10.5.